The maximum absolute atomic E-state index is 11.9. The number of hydrogen-bond donors (Lipinski definition) is 1. The van der Waals surface area contributed by atoms with Gasteiger partial charge in [-0.05, 0) is 23.7 Å². The van der Waals surface area contributed by atoms with Crippen LogP contribution in [0, 0.1) is 0 Å². The summed E-state index contributed by atoms with van der Waals surface area (Å²) in [6, 6.07) is 4.09. The lowest BCUT2D eigenvalue weighted by Gasteiger charge is -2.05. The molecule has 1 N–H and O–H groups in total. The third-order valence-electron chi connectivity index (χ3n) is 1.93. The molecule has 0 aliphatic rings. The van der Waals surface area contributed by atoms with Crippen molar-refractivity contribution in [3.63, 3.8) is 0 Å². The van der Waals surface area contributed by atoms with Crippen molar-refractivity contribution in [2.24, 2.45) is 0 Å². The molecule has 0 aromatic carbocycles. The minimum atomic E-state index is -0.475. The van der Waals surface area contributed by atoms with Crippen LogP contribution in [-0.4, -0.2) is 20.9 Å². The second-order valence-corrected chi connectivity index (χ2v) is 4.80. The number of rotatable bonds is 2. The summed E-state index contributed by atoms with van der Waals surface area (Å²) in [5.41, 5.74) is 0.232. The van der Waals surface area contributed by atoms with Gasteiger partial charge in [-0.3, -0.25) is 4.79 Å². The number of hydrogen-bond acceptors (Lipinski definition) is 4. The van der Waals surface area contributed by atoms with Crippen molar-refractivity contribution >= 4 is 58.1 Å². The summed E-state index contributed by atoms with van der Waals surface area (Å²) in [5, 5.41) is 2.74. The van der Waals surface area contributed by atoms with E-state index in [9.17, 15) is 4.79 Å². The Morgan fingerprint density at radius 2 is 1.47 bits per heavy atom. The molecule has 1 amide bonds. The summed E-state index contributed by atoms with van der Waals surface area (Å²) in [7, 11) is 0. The van der Waals surface area contributed by atoms with Gasteiger partial charge in [0.15, 0.2) is 0 Å². The Morgan fingerprint density at radius 3 is 2.05 bits per heavy atom. The number of nitrogens with zero attached hydrogens (tertiary/aromatic N) is 3. The van der Waals surface area contributed by atoms with E-state index in [0.29, 0.717) is 0 Å². The first-order valence-corrected chi connectivity index (χ1v) is 6.30. The van der Waals surface area contributed by atoms with Gasteiger partial charge in [-0.1, -0.05) is 34.8 Å². The van der Waals surface area contributed by atoms with Crippen LogP contribution in [0.3, 0.4) is 0 Å². The van der Waals surface area contributed by atoms with Crippen molar-refractivity contribution in [3.05, 3.63) is 44.5 Å². The lowest BCUT2D eigenvalue weighted by Crippen LogP contribution is -2.13. The van der Waals surface area contributed by atoms with Gasteiger partial charge in [0.25, 0.3) is 5.91 Å². The molecule has 0 aliphatic carbocycles. The number of carbonyl (C=O) groups is 1. The standard InChI is InChI=1S/C10H4Cl4N4O/c11-5-1-4(2-6(12)15-5)9(19)17-8-3-7(13)16-10(14)18-8/h1-3H,(H,16,17,18,19). The molecule has 9 heteroatoms. The molecule has 0 radical (unpaired) electrons. The average molecular weight is 338 g/mol. The quantitative estimate of drug-likeness (QED) is 0.515. The van der Waals surface area contributed by atoms with E-state index in [-0.39, 0.29) is 32.1 Å². The van der Waals surface area contributed by atoms with Crippen LogP contribution in [0.15, 0.2) is 18.2 Å². The first kappa shape index (κ1) is 14.3. The Kier molecular flexibility index (Phi) is 4.42. The number of halogens is 4. The molecule has 2 aromatic heterocycles. The maximum atomic E-state index is 11.9. The van der Waals surface area contributed by atoms with Crippen molar-refractivity contribution in [1.82, 2.24) is 15.0 Å². The van der Waals surface area contributed by atoms with E-state index in [1.807, 2.05) is 0 Å². The molecule has 5 nitrogen and oxygen atoms in total. The number of amides is 1. The van der Waals surface area contributed by atoms with Gasteiger partial charge < -0.3 is 5.32 Å². The van der Waals surface area contributed by atoms with E-state index in [4.69, 9.17) is 46.4 Å². The second-order valence-electron chi connectivity index (χ2n) is 3.30. The summed E-state index contributed by atoms with van der Waals surface area (Å²) in [4.78, 5) is 23.1. The highest BCUT2D eigenvalue weighted by atomic mass is 35.5. The van der Waals surface area contributed by atoms with Crippen LogP contribution in [0.25, 0.3) is 0 Å². The third kappa shape index (κ3) is 3.91. The number of aromatic nitrogens is 3. The van der Waals surface area contributed by atoms with E-state index >= 15 is 0 Å². The predicted molar refractivity (Wildman–Crippen MR) is 74.3 cm³/mol. The molecule has 0 saturated carbocycles. The van der Waals surface area contributed by atoms with E-state index in [2.05, 4.69) is 20.3 Å². The maximum Gasteiger partial charge on any atom is 0.257 e. The fourth-order valence-electron chi connectivity index (χ4n) is 1.24. The van der Waals surface area contributed by atoms with Gasteiger partial charge in [0.05, 0.1) is 0 Å². The normalized spacial score (nSPS) is 10.3. The molecule has 2 aromatic rings. The minimum Gasteiger partial charge on any atom is -0.306 e. The Bertz CT molecular complexity index is 609. The molecule has 0 saturated heterocycles. The van der Waals surface area contributed by atoms with Crippen molar-refractivity contribution in [1.29, 1.82) is 0 Å². The Labute approximate surface area is 127 Å². The molecule has 0 unspecified atom stereocenters. The predicted octanol–water partition coefficient (Wildman–Crippen LogP) is 3.74. The summed E-state index contributed by atoms with van der Waals surface area (Å²) in [5.74, 6) is -0.309. The summed E-state index contributed by atoms with van der Waals surface area (Å²) >= 11 is 22.7. The highest BCUT2D eigenvalue weighted by Gasteiger charge is 2.11. The number of carbonyl (C=O) groups excluding carboxylic acids is 1. The Hall–Kier alpha value is -1.14. The molecule has 0 fully saturated rings. The van der Waals surface area contributed by atoms with Crippen molar-refractivity contribution in [2.75, 3.05) is 5.32 Å². The number of nitrogens with one attached hydrogen (secondary N) is 1. The van der Waals surface area contributed by atoms with E-state index in [1.165, 1.54) is 18.2 Å². The molecule has 2 rings (SSSR count). The zero-order valence-electron chi connectivity index (χ0n) is 8.99. The molecule has 0 atom stereocenters. The fourth-order valence-corrected chi connectivity index (χ4v) is 2.11. The Morgan fingerprint density at radius 1 is 0.895 bits per heavy atom. The summed E-state index contributed by atoms with van der Waals surface area (Å²) in [6.07, 6.45) is 0. The van der Waals surface area contributed by atoms with Gasteiger partial charge in [-0.25, -0.2) is 15.0 Å². The summed E-state index contributed by atoms with van der Waals surface area (Å²) < 4.78 is 0. The van der Waals surface area contributed by atoms with Crippen LogP contribution < -0.4 is 5.32 Å². The van der Waals surface area contributed by atoms with Gasteiger partial charge in [-0.2, -0.15) is 0 Å². The van der Waals surface area contributed by atoms with Crippen LogP contribution >= 0.6 is 46.4 Å². The molecule has 19 heavy (non-hydrogen) atoms. The highest BCUT2D eigenvalue weighted by Crippen LogP contribution is 2.18. The van der Waals surface area contributed by atoms with Crippen LogP contribution in [-0.2, 0) is 0 Å². The molecule has 0 aliphatic heterocycles. The molecule has 0 bridgehead atoms. The molecular formula is C10H4Cl4N4O. The molecule has 0 spiro atoms. The van der Waals surface area contributed by atoms with Crippen LogP contribution in [0.2, 0.25) is 20.7 Å². The van der Waals surface area contributed by atoms with Gasteiger partial charge in [0.1, 0.15) is 21.3 Å². The lowest BCUT2D eigenvalue weighted by molar-refractivity contribution is 0.102. The average Bonchev–Trinajstić information content (AvgIpc) is 2.25. The van der Waals surface area contributed by atoms with E-state index in [1.54, 1.807) is 0 Å². The lowest BCUT2D eigenvalue weighted by atomic mass is 10.2. The van der Waals surface area contributed by atoms with Crippen molar-refractivity contribution in [2.45, 2.75) is 0 Å². The monoisotopic (exact) mass is 336 g/mol. The van der Waals surface area contributed by atoms with Crippen LogP contribution in [0.1, 0.15) is 10.4 Å². The summed E-state index contributed by atoms with van der Waals surface area (Å²) in [6.45, 7) is 0. The Balaban J connectivity index is 2.25. The topological polar surface area (TPSA) is 67.8 Å². The van der Waals surface area contributed by atoms with E-state index < -0.39 is 5.91 Å². The number of anilines is 1. The van der Waals surface area contributed by atoms with Gasteiger partial charge in [0.2, 0.25) is 5.28 Å². The van der Waals surface area contributed by atoms with Gasteiger partial charge in [0, 0.05) is 11.6 Å². The highest BCUT2D eigenvalue weighted by molar-refractivity contribution is 6.33. The van der Waals surface area contributed by atoms with Crippen molar-refractivity contribution in [3.8, 4) is 0 Å². The van der Waals surface area contributed by atoms with Gasteiger partial charge in [-0.15, -0.1) is 0 Å². The zero-order valence-corrected chi connectivity index (χ0v) is 12.0. The molecule has 2 heterocycles. The van der Waals surface area contributed by atoms with Crippen molar-refractivity contribution < 1.29 is 4.79 Å². The largest absolute Gasteiger partial charge is 0.306 e. The fraction of sp³-hybridized carbons (Fsp3) is 0. The first-order chi connectivity index (χ1) is 8.94. The second kappa shape index (κ2) is 5.88. The minimum absolute atomic E-state index is 0.0754. The zero-order chi connectivity index (χ0) is 14.0. The third-order valence-corrected chi connectivity index (χ3v) is 2.68. The SMILES string of the molecule is O=C(Nc1cc(Cl)nc(Cl)n1)c1cc(Cl)nc(Cl)c1. The smallest absolute Gasteiger partial charge is 0.257 e. The number of pyridine rings is 1. The van der Waals surface area contributed by atoms with Crippen LogP contribution in [0.5, 0.6) is 0 Å². The van der Waals surface area contributed by atoms with E-state index in [0.717, 1.165) is 0 Å². The molecular weight excluding hydrogens is 334 g/mol. The first-order valence-electron chi connectivity index (χ1n) is 4.78. The molecule has 98 valence electrons. The van der Waals surface area contributed by atoms with Gasteiger partial charge >= 0.3 is 0 Å². The van der Waals surface area contributed by atoms with Crippen LogP contribution in [0.4, 0.5) is 5.82 Å².